The molecule has 0 aliphatic rings. The van der Waals surface area contributed by atoms with Crippen LogP contribution in [0.15, 0.2) is 12.2 Å². The second-order valence-electron chi connectivity index (χ2n) is 2.37. The first-order valence-corrected chi connectivity index (χ1v) is 3.55. The van der Waals surface area contributed by atoms with Crippen molar-refractivity contribution in [3.63, 3.8) is 0 Å². The summed E-state index contributed by atoms with van der Waals surface area (Å²) < 4.78 is 0. The number of aliphatic hydroxyl groups excluding tert-OH is 1. The van der Waals surface area contributed by atoms with Crippen molar-refractivity contribution in [1.29, 1.82) is 0 Å². The minimum absolute atomic E-state index is 0.169. The van der Waals surface area contributed by atoms with Gasteiger partial charge < -0.3 is 5.11 Å². The monoisotopic (exact) mass is 128 g/mol. The van der Waals surface area contributed by atoms with Gasteiger partial charge in [0.15, 0.2) is 0 Å². The van der Waals surface area contributed by atoms with Gasteiger partial charge in [-0.05, 0) is 19.3 Å². The summed E-state index contributed by atoms with van der Waals surface area (Å²) in [5.41, 5.74) is 1.14. The quantitative estimate of drug-likeness (QED) is 0.575. The largest absolute Gasteiger partial charge is 0.393 e. The summed E-state index contributed by atoms with van der Waals surface area (Å²) in [5, 5.41) is 9.10. The predicted molar refractivity (Wildman–Crippen MR) is 40.3 cm³/mol. The topological polar surface area (TPSA) is 20.2 Å². The first-order chi connectivity index (χ1) is 4.20. The third-order valence-electron chi connectivity index (χ3n) is 1.50. The lowest BCUT2D eigenvalue weighted by Crippen LogP contribution is -2.04. The molecule has 0 aliphatic heterocycles. The molecule has 0 heterocycles. The molecule has 1 heteroatoms. The molecule has 0 aromatic heterocycles. The molecule has 0 spiro atoms. The Balaban J connectivity index is 3.34. The van der Waals surface area contributed by atoms with Crippen LogP contribution in [0, 0.1) is 0 Å². The molecule has 0 aliphatic carbocycles. The lowest BCUT2D eigenvalue weighted by molar-refractivity contribution is 0.170. The van der Waals surface area contributed by atoms with Gasteiger partial charge in [-0.2, -0.15) is 0 Å². The summed E-state index contributed by atoms with van der Waals surface area (Å²) in [5.74, 6) is 0. The second-order valence-corrected chi connectivity index (χ2v) is 2.37. The Kier molecular flexibility index (Phi) is 4.41. The summed E-state index contributed by atoms with van der Waals surface area (Å²) in [6.07, 6.45) is 2.42. The summed E-state index contributed by atoms with van der Waals surface area (Å²) >= 11 is 0. The minimum Gasteiger partial charge on any atom is -0.393 e. The zero-order valence-electron chi connectivity index (χ0n) is 6.35. The molecule has 1 unspecified atom stereocenters. The fourth-order valence-corrected chi connectivity index (χ4v) is 0.622. The van der Waals surface area contributed by atoms with Gasteiger partial charge in [0.05, 0.1) is 6.10 Å². The van der Waals surface area contributed by atoms with Crippen LogP contribution in [0.5, 0.6) is 0 Å². The highest BCUT2D eigenvalue weighted by Gasteiger charge is 2.00. The Morgan fingerprint density at radius 1 is 1.56 bits per heavy atom. The Morgan fingerprint density at radius 3 is 2.44 bits per heavy atom. The molecule has 0 amide bonds. The maximum Gasteiger partial charge on any atom is 0.0574 e. The molecule has 54 valence electrons. The van der Waals surface area contributed by atoms with Gasteiger partial charge in [-0.25, -0.2) is 0 Å². The van der Waals surface area contributed by atoms with Crippen LogP contribution in [0.2, 0.25) is 0 Å². The molecule has 1 nitrogen and oxygen atoms in total. The van der Waals surface area contributed by atoms with E-state index in [9.17, 15) is 0 Å². The van der Waals surface area contributed by atoms with Gasteiger partial charge in [-0.1, -0.05) is 26.0 Å². The molecule has 9 heavy (non-hydrogen) atoms. The Bertz CT molecular complexity index is 86.6. The highest BCUT2D eigenvalue weighted by molar-refractivity contribution is 4.94. The lowest BCUT2D eigenvalue weighted by Gasteiger charge is -2.07. The van der Waals surface area contributed by atoms with E-state index in [0.29, 0.717) is 0 Å². The maximum absolute atomic E-state index is 9.10. The second kappa shape index (κ2) is 4.57. The molecular weight excluding hydrogens is 112 g/mol. The number of rotatable bonds is 4. The van der Waals surface area contributed by atoms with Gasteiger partial charge >= 0.3 is 0 Å². The molecular formula is C8H16O. The molecule has 0 rings (SSSR count). The van der Waals surface area contributed by atoms with Gasteiger partial charge in [0.25, 0.3) is 0 Å². The highest BCUT2D eigenvalue weighted by atomic mass is 16.3. The molecule has 0 radical (unpaired) electrons. The van der Waals surface area contributed by atoms with E-state index >= 15 is 0 Å². The predicted octanol–water partition coefficient (Wildman–Crippen LogP) is 2.11. The fraction of sp³-hybridized carbons (Fsp3) is 0.750. The third kappa shape index (κ3) is 4.22. The van der Waals surface area contributed by atoms with Crippen LogP contribution in [0.1, 0.15) is 33.1 Å². The first kappa shape index (κ1) is 8.70. The molecule has 0 saturated heterocycles. The molecule has 0 bridgehead atoms. The Labute approximate surface area is 57.4 Å². The van der Waals surface area contributed by atoms with E-state index in [0.717, 1.165) is 24.8 Å². The average molecular weight is 128 g/mol. The van der Waals surface area contributed by atoms with Crippen molar-refractivity contribution >= 4 is 0 Å². The van der Waals surface area contributed by atoms with Gasteiger partial charge in [0, 0.05) is 0 Å². The van der Waals surface area contributed by atoms with Gasteiger partial charge in [0.1, 0.15) is 0 Å². The van der Waals surface area contributed by atoms with Crippen LogP contribution in [0.25, 0.3) is 0 Å². The Morgan fingerprint density at radius 2 is 2.11 bits per heavy atom. The van der Waals surface area contributed by atoms with Gasteiger partial charge in [-0.15, -0.1) is 0 Å². The summed E-state index contributed by atoms with van der Waals surface area (Å²) in [7, 11) is 0. The molecule has 0 aromatic rings. The number of aliphatic hydroxyl groups is 1. The normalized spacial score (nSPS) is 13.2. The van der Waals surface area contributed by atoms with Crippen LogP contribution in [-0.2, 0) is 0 Å². The maximum atomic E-state index is 9.10. The van der Waals surface area contributed by atoms with E-state index in [1.54, 1.807) is 0 Å². The van der Waals surface area contributed by atoms with Crippen molar-refractivity contribution in [2.24, 2.45) is 0 Å². The zero-order valence-corrected chi connectivity index (χ0v) is 6.35. The van der Waals surface area contributed by atoms with Crippen molar-refractivity contribution < 1.29 is 5.11 Å². The zero-order chi connectivity index (χ0) is 7.28. The smallest absolute Gasteiger partial charge is 0.0574 e. The van der Waals surface area contributed by atoms with Crippen LogP contribution < -0.4 is 0 Å². The first-order valence-electron chi connectivity index (χ1n) is 3.55. The van der Waals surface area contributed by atoms with E-state index in [2.05, 4.69) is 13.5 Å². The molecule has 0 saturated carbocycles. The summed E-state index contributed by atoms with van der Waals surface area (Å²) in [6.45, 7) is 7.84. The van der Waals surface area contributed by atoms with Crippen LogP contribution in [-0.4, -0.2) is 11.2 Å². The standard InChI is InChI=1S/C8H16O/c1-4-7(3)6-8(9)5-2/h8-9H,3-6H2,1-2H3. The van der Waals surface area contributed by atoms with Crippen molar-refractivity contribution in [3.8, 4) is 0 Å². The van der Waals surface area contributed by atoms with E-state index in [-0.39, 0.29) is 6.10 Å². The Hall–Kier alpha value is -0.300. The van der Waals surface area contributed by atoms with Crippen molar-refractivity contribution in [1.82, 2.24) is 0 Å². The van der Waals surface area contributed by atoms with Gasteiger partial charge in [-0.3, -0.25) is 0 Å². The van der Waals surface area contributed by atoms with E-state index in [1.807, 2.05) is 6.92 Å². The van der Waals surface area contributed by atoms with Crippen LogP contribution in [0.4, 0.5) is 0 Å². The molecule has 0 fully saturated rings. The summed E-state index contributed by atoms with van der Waals surface area (Å²) in [4.78, 5) is 0. The summed E-state index contributed by atoms with van der Waals surface area (Å²) in [6, 6.07) is 0. The highest BCUT2D eigenvalue weighted by Crippen LogP contribution is 2.08. The third-order valence-corrected chi connectivity index (χ3v) is 1.50. The van der Waals surface area contributed by atoms with E-state index in [4.69, 9.17) is 5.11 Å². The van der Waals surface area contributed by atoms with Crippen molar-refractivity contribution in [3.05, 3.63) is 12.2 Å². The van der Waals surface area contributed by atoms with Crippen LogP contribution >= 0.6 is 0 Å². The fourth-order valence-electron chi connectivity index (χ4n) is 0.622. The number of hydrogen-bond donors (Lipinski definition) is 1. The average Bonchev–Trinajstić information content (AvgIpc) is 1.87. The molecule has 1 atom stereocenters. The van der Waals surface area contributed by atoms with Crippen LogP contribution in [0.3, 0.4) is 0 Å². The molecule has 1 N–H and O–H groups in total. The van der Waals surface area contributed by atoms with Crippen molar-refractivity contribution in [2.75, 3.05) is 0 Å². The molecule has 0 aromatic carbocycles. The van der Waals surface area contributed by atoms with E-state index < -0.39 is 0 Å². The SMILES string of the molecule is C=C(CC)CC(O)CC. The van der Waals surface area contributed by atoms with Gasteiger partial charge in [0.2, 0.25) is 0 Å². The number of hydrogen-bond acceptors (Lipinski definition) is 1. The van der Waals surface area contributed by atoms with Crippen molar-refractivity contribution in [2.45, 2.75) is 39.2 Å². The lowest BCUT2D eigenvalue weighted by atomic mass is 10.1. The minimum atomic E-state index is -0.169. The van der Waals surface area contributed by atoms with E-state index in [1.165, 1.54) is 0 Å².